The average Bonchev–Trinajstić information content (AvgIpc) is 2.38. The number of likely N-dealkylation sites (tertiary alicyclic amines) is 1. The monoisotopic (exact) mass is 256 g/mol. The molecule has 4 nitrogen and oxygen atoms in total. The predicted octanol–water partition coefficient (Wildman–Crippen LogP) is 1.65. The Morgan fingerprint density at radius 2 is 2.00 bits per heavy atom. The molecule has 0 atom stereocenters. The minimum absolute atomic E-state index is 0.131. The molecule has 0 aromatic rings. The lowest BCUT2D eigenvalue weighted by atomic mass is 9.89. The van der Waals surface area contributed by atoms with E-state index in [1.54, 1.807) is 0 Å². The SMILES string of the molecule is CCC(C)(C)CNC1CCN(CC(=O)OC)CC1. The summed E-state index contributed by atoms with van der Waals surface area (Å²) in [5, 5.41) is 3.66. The van der Waals surface area contributed by atoms with Gasteiger partial charge in [-0.25, -0.2) is 0 Å². The van der Waals surface area contributed by atoms with E-state index in [1.165, 1.54) is 13.5 Å². The second kappa shape index (κ2) is 7.10. The number of hydrogen-bond donors (Lipinski definition) is 1. The van der Waals surface area contributed by atoms with Gasteiger partial charge in [-0.2, -0.15) is 0 Å². The molecule has 1 heterocycles. The third-order valence-electron chi connectivity index (χ3n) is 3.99. The number of nitrogens with zero attached hydrogens (tertiary/aromatic N) is 1. The highest BCUT2D eigenvalue weighted by Crippen LogP contribution is 2.19. The van der Waals surface area contributed by atoms with Crippen molar-refractivity contribution in [1.29, 1.82) is 0 Å². The molecule has 0 spiro atoms. The summed E-state index contributed by atoms with van der Waals surface area (Å²) in [6.45, 7) is 10.3. The molecule has 106 valence electrons. The van der Waals surface area contributed by atoms with Crippen molar-refractivity contribution in [3.8, 4) is 0 Å². The van der Waals surface area contributed by atoms with E-state index in [2.05, 4.69) is 31.0 Å². The lowest BCUT2D eigenvalue weighted by molar-refractivity contribution is -0.142. The van der Waals surface area contributed by atoms with Crippen LogP contribution in [-0.4, -0.2) is 50.2 Å². The molecule has 0 aliphatic carbocycles. The van der Waals surface area contributed by atoms with Crippen LogP contribution in [0.25, 0.3) is 0 Å². The van der Waals surface area contributed by atoms with Gasteiger partial charge in [0.2, 0.25) is 0 Å². The van der Waals surface area contributed by atoms with Gasteiger partial charge in [-0.1, -0.05) is 20.8 Å². The Hall–Kier alpha value is -0.610. The Balaban J connectivity index is 2.21. The first kappa shape index (κ1) is 15.4. The Kier molecular flexibility index (Phi) is 6.09. The van der Waals surface area contributed by atoms with Crippen LogP contribution in [0.5, 0.6) is 0 Å². The van der Waals surface area contributed by atoms with Crippen molar-refractivity contribution in [3.05, 3.63) is 0 Å². The van der Waals surface area contributed by atoms with Gasteiger partial charge in [0, 0.05) is 25.7 Å². The van der Waals surface area contributed by atoms with Crippen LogP contribution >= 0.6 is 0 Å². The van der Waals surface area contributed by atoms with E-state index in [0.717, 1.165) is 32.5 Å². The van der Waals surface area contributed by atoms with Gasteiger partial charge in [-0.15, -0.1) is 0 Å². The van der Waals surface area contributed by atoms with Gasteiger partial charge in [0.05, 0.1) is 13.7 Å². The van der Waals surface area contributed by atoms with Crippen LogP contribution in [0.15, 0.2) is 0 Å². The Labute approximate surface area is 111 Å². The van der Waals surface area contributed by atoms with E-state index in [4.69, 9.17) is 4.74 Å². The van der Waals surface area contributed by atoms with Crippen LogP contribution in [0.3, 0.4) is 0 Å². The second-order valence-electron chi connectivity index (χ2n) is 6.03. The lowest BCUT2D eigenvalue weighted by Gasteiger charge is -2.34. The summed E-state index contributed by atoms with van der Waals surface area (Å²) in [5.74, 6) is -0.131. The van der Waals surface area contributed by atoms with Crippen LogP contribution in [-0.2, 0) is 9.53 Å². The molecule has 1 fully saturated rings. The zero-order valence-electron chi connectivity index (χ0n) is 12.3. The van der Waals surface area contributed by atoms with Gasteiger partial charge in [-0.05, 0) is 24.7 Å². The molecule has 0 amide bonds. The summed E-state index contributed by atoms with van der Waals surface area (Å²) >= 11 is 0. The van der Waals surface area contributed by atoms with Gasteiger partial charge in [0.25, 0.3) is 0 Å². The quantitative estimate of drug-likeness (QED) is 0.734. The number of esters is 1. The lowest BCUT2D eigenvalue weighted by Crippen LogP contribution is -2.46. The number of piperidine rings is 1. The van der Waals surface area contributed by atoms with Crippen LogP contribution in [0.4, 0.5) is 0 Å². The highest BCUT2D eigenvalue weighted by Gasteiger charge is 2.23. The molecule has 0 radical (unpaired) electrons. The maximum absolute atomic E-state index is 11.2. The molecule has 1 aliphatic heterocycles. The minimum Gasteiger partial charge on any atom is -0.468 e. The number of ether oxygens (including phenoxy) is 1. The number of carbonyl (C=O) groups is 1. The number of carbonyl (C=O) groups excluding carboxylic acids is 1. The van der Waals surface area contributed by atoms with E-state index < -0.39 is 0 Å². The van der Waals surface area contributed by atoms with Crippen molar-refractivity contribution in [2.75, 3.05) is 33.3 Å². The Morgan fingerprint density at radius 3 is 2.50 bits per heavy atom. The molecule has 1 rings (SSSR count). The third kappa shape index (κ3) is 5.36. The average molecular weight is 256 g/mol. The van der Waals surface area contributed by atoms with Gasteiger partial charge in [0.15, 0.2) is 0 Å². The van der Waals surface area contributed by atoms with Crippen LogP contribution in [0.2, 0.25) is 0 Å². The molecule has 0 saturated carbocycles. The summed E-state index contributed by atoms with van der Waals surface area (Å²) in [5.41, 5.74) is 0.378. The first-order valence-corrected chi connectivity index (χ1v) is 6.99. The highest BCUT2D eigenvalue weighted by atomic mass is 16.5. The Morgan fingerprint density at radius 1 is 1.39 bits per heavy atom. The van der Waals surface area contributed by atoms with Crippen molar-refractivity contribution in [3.63, 3.8) is 0 Å². The molecule has 0 aromatic carbocycles. The van der Waals surface area contributed by atoms with E-state index in [-0.39, 0.29) is 5.97 Å². The number of methoxy groups -OCH3 is 1. The molecule has 1 N–H and O–H groups in total. The molecule has 1 saturated heterocycles. The minimum atomic E-state index is -0.131. The van der Waals surface area contributed by atoms with Crippen LogP contribution in [0.1, 0.15) is 40.0 Å². The molecular formula is C14H28N2O2. The molecule has 4 heteroatoms. The van der Waals surface area contributed by atoms with Crippen molar-refractivity contribution < 1.29 is 9.53 Å². The van der Waals surface area contributed by atoms with Crippen molar-refractivity contribution in [2.24, 2.45) is 5.41 Å². The second-order valence-corrected chi connectivity index (χ2v) is 6.03. The predicted molar refractivity (Wildman–Crippen MR) is 73.6 cm³/mol. The first-order chi connectivity index (χ1) is 8.46. The van der Waals surface area contributed by atoms with E-state index >= 15 is 0 Å². The molecular weight excluding hydrogens is 228 g/mol. The molecule has 1 aliphatic rings. The first-order valence-electron chi connectivity index (χ1n) is 6.99. The maximum Gasteiger partial charge on any atom is 0.319 e. The van der Waals surface area contributed by atoms with E-state index in [0.29, 0.717) is 18.0 Å². The van der Waals surface area contributed by atoms with Gasteiger partial charge in [0.1, 0.15) is 0 Å². The van der Waals surface area contributed by atoms with E-state index in [1.807, 2.05) is 0 Å². The maximum atomic E-state index is 11.2. The Bertz CT molecular complexity index is 259. The summed E-state index contributed by atoms with van der Waals surface area (Å²) in [6.07, 6.45) is 3.44. The smallest absolute Gasteiger partial charge is 0.319 e. The third-order valence-corrected chi connectivity index (χ3v) is 3.99. The highest BCUT2D eigenvalue weighted by molar-refractivity contribution is 5.71. The normalized spacial score (nSPS) is 18.9. The zero-order chi connectivity index (χ0) is 13.6. The van der Waals surface area contributed by atoms with Gasteiger partial charge >= 0.3 is 5.97 Å². The summed E-state index contributed by atoms with van der Waals surface area (Å²) < 4.78 is 4.69. The van der Waals surface area contributed by atoms with Crippen molar-refractivity contribution in [1.82, 2.24) is 10.2 Å². The molecule has 0 unspecified atom stereocenters. The summed E-state index contributed by atoms with van der Waals surface area (Å²) in [7, 11) is 1.45. The van der Waals surface area contributed by atoms with Crippen molar-refractivity contribution >= 4 is 5.97 Å². The number of rotatable bonds is 6. The zero-order valence-corrected chi connectivity index (χ0v) is 12.3. The fraction of sp³-hybridized carbons (Fsp3) is 0.929. The molecule has 0 aromatic heterocycles. The number of nitrogens with one attached hydrogen (secondary N) is 1. The summed E-state index contributed by atoms with van der Waals surface area (Å²) in [4.78, 5) is 13.4. The molecule has 0 bridgehead atoms. The van der Waals surface area contributed by atoms with Crippen LogP contribution < -0.4 is 5.32 Å². The summed E-state index contributed by atoms with van der Waals surface area (Å²) in [6, 6.07) is 0.602. The van der Waals surface area contributed by atoms with Crippen molar-refractivity contribution in [2.45, 2.75) is 46.1 Å². The fourth-order valence-corrected chi connectivity index (χ4v) is 2.09. The largest absolute Gasteiger partial charge is 0.468 e. The molecule has 18 heavy (non-hydrogen) atoms. The van der Waals surface area contributed by atoms with E-state index in [9.17, 15) is 4.79 Å². The van der Waals surface area contributed by atoms with Crippen LogP contribution in [0, 0.1) is 5.41 Å². The fourth-order valence-electron chi connectivity index (χ4n) is 2.09. The van der Waals surface area contributed by atoms with Gasteiger partial charge in [-0.3, -0.25) is 9.69 Å². The van der Waals surface area contributed by atoms with Gasteiger partial charge < -0.3 is 10.1 Å². The number of hydrogen-bond acceptors (Lipinski definition) is 4. The topological polar surface area (TPSA) is 41.6 Å². The standard InChI is InChI=1S/C14H28N2O2/c1-5-14(2,3)11-15-12-6-8-16(9-7-12)10-13(17)18-4/h12,15H,5-11H2,1-4H3.